The lowest BCUT2D eigenvalue weighted by atomic mass is 10.1. The van der Waals surface area contributed by atoms with Gasteiger partial charge in [-0.3, -0.25) is 24.5 Å². The van der Waals surface area contributed by atoms with Crippen LogP contribution in [-0.4, -0.2) is 22.7 Å². The first-order valence-electron chi connectivity index (χ1n) is 6.84. The van der Waals surface area contributed by atoms with Gasteiger partial charge in [-0.05, 0) is 18.2 Å². The van der Waals surface area contributed by atoms with Crippen LogP contribution in [-0.2, 0) is 4.79 Å². The number of benzene rings is 2. The van der Waals surface area contributed by atoms with Gasteiger partial charge in [0.05, 0.1) is 21.7 Å². The molecule has 2 aromatic carbocycles. The number of rotatable bonds is 3. The Labute approximate surface area is 135 Å². The van der Waals surface area contributed by atoms with E-state index in [0.717, 1.165) is 11.0 Å². The molecule has 0 N–H and O–H groups in total. The second-order valence-corrected chi connectivity index (χ2v) is 5.02. The van der Waals surface area contributed by atoms with Gasteiger partial charge < -0.3 is 4.74 Å². The fourth-order valence-electron chi connectivity index (χ4n) is 2.43. The quantitative estimate of drug-likeness (QED) is 0.282. The van der Waals surface area contributed by atoms with Gasteiger partial charge in [-0.15, -0.1) is 0 Å². The van der Waals surface area contributed by atoms with Crippen LogP contribution in [0.15, 0.2) is 42.5 Å². The number of fused-ring (bicyclic) bond motifs is 1. The third-order valence-corrected chi connectivity index (χ3v) is 3.42. The van der Waals surface area contributed by atoms with Crippen molar-refractivity contribution < 1.29 is 24.0 Å². The fourth-order valence-corrected chi connectivity index (χ4v) is 2.43. The Hall–Kier alpha value is -3.55. The number of hydrogen-bond acceptors (Lipinski definition) is 6. The number of carbonyl (C=O) groups excluding carboxylic acids is 3. The van der Waals surface area contributed by atoms with Gasteiger partial charge in [-0.1, -0.05) is 6.07 Å². The number of carbonyl (C=O) groups is 3. The van der Waals surface area contributed by atoms with Crippen LogP contribution in [0.5, 0.6) is 5.75 Å². The van der Waals surface area contributed by atoms with Crippen LogP contribution in [0.4, 0.5) is 11.4 Å². The molecule has 1 aliphatic rings. The average molecular weight is 326 g/mol. The Balaban J connectivity index is 2.02. The molecule has 120 valence electrons. The van der Waals surface area contributed by atoms with Crippen LogP contribution >= 0.6 is 0 Å². The molecule has 0 spiro atoms. The summed E-state index contributed by atoms with van der Waals surface area (Å²) in [6.07, 6.45) is 0. The normalized spacial score (nSPS) is 13.0. The Morgan fingerprint density at radius 2 is 1.79 bits per heavy atom. The van der Waals surface area contributed by atoms with Crippen molar-refractivity contribution in [2.24, 2.45) is 0 Å². The molecule has 0 unspecified atom stereocenters. The number of anilines is 1. The molecule has 8 nitrogen and oxygen atoms in total. The van der Waals surface area contributed by atoms with E-state index in [2.05, 4.69) is 0 Å². The van der Waals surface area contributed by atoms with Crippen LogP contribution in [0.3, 0.4) is 0 Å². The zero-order valence-electron chi connectivity index (χ0n) is 12.4. The molecule has 0 fully saturated rings. The Kier molecular flexibility index (Phi) is 3.57. The van der Waals surface area contributed by atoms with E-state index in [1.54, 1.807) is 0 Å². The van der Waals surface area contributed by atoms with Crippen LogP contribution < -0.4 is 9.64 Å². The van der Waals surface area contributed by atoms with Crippen molar-refractivity contribution in [3.8, 4) is 5.75 Å². The molecule has 0 aromatic heterocycles. The molecule has 0 aliphatic carbocycles. The summed E-state index contributed by atoms with van der Waals surface area (Å²) in [5.41, 5.74) is -0.0106. The summed E-state index contributed by atoms with van der Waals surface area (Å²) in [4.78, 5) is 47.0. The van der Waals surface area contributed by atoms with E-state index < -0.39 is 22.7 Å². The van der Waals surface area contributed by atoms with Gasteiger partial charge in [0.2, 0.25) is 0 Å². The van der Waals surface area contributed by atoms with E-state index in [0.29, 0.717) is 0 Å². The van der Waals surface area contributed by atoms with E-state index in [1.807, 2.05) is 0 Å². The molecule has 0 saturated heterocycles. The van der Waals surface area contributed by atoms with E-state index in [4.69, 9.17) is 4.74 Å². The minimum Gasteiger partial charge on any atom is -0.427 e. The Bertz CT molecular complexity index is 905. The van der Waals surface area contributed by atoms with Gasteiger partial charge in [0.25, 0.3) is 17.5 Å². The third kappa shape index (κ3) is 2.50. The summed E-state index contributed by atoms with van der Waals surface area (Å²) in [5, 5.41) is 10.8. The number of ether oxygens (including phenoxy) is 1. The second-order valence-electron chi connectivity index (χ2n) is 5.02. The average Bonchev–Trinajstić information content (AvgIpc) is 2.78. The fraction of sp³-hybridized carbons (Fsp3) is 0.0625. The maximum absolute atomic E-state index is 12.5. The minimum absolute atomic E-state index is 0.0351. The summed E-state index contributed by atoms with van der Waals surface area (Å²) in [6, 6.07) is 9.41. The molecule has 3 rings (SSSR count). The Morgan fingerprint density at radius 1 is 1.08 bits per heavy atom. The van der Waals surface area contributed by atoms with E-state index in [-0.39, 0.29) is 28.3 Å². The lowest BCUT2D eigenvalue weighted by Gasteiger charge is -2.14. The third-order valence-electron chi connectivity index (χ3n) is 3.42. The zero-order chi connectivity index (χ0) is 17.4. The van der Waals surface area contributed by atoms with Crippen LogP contribution in [0.2, 0.25) is 0 Å². The smallest absolute Gasteiger partial charge is 0.308 e. The second kappa shape index (κ2) is 5.58. The van der Waals surface area contributed by atoms with E-state index >= 15 is 0 Å². The molecule has 1 aliphatic heterocycles. The van der Waals surface area contributed by atoms with Gasteiger partial charge >= 0.3 is 5.97 Å². The van der Waals surface area contributed by atoms with Gasteiger partial charge in [0.1, 0.15) is 5.75 Å². The highest BCUT2D eigenvalue weighted by molar-refractivity contribution is 6.34. The number of amides is 2. The predicted octanol–water partition coefficient (Wildman–Crippen LogP) is 2.32. The highest BCUT2D eigenvalue weighted by Gasteiger charge is 2.38. The lowest BCUT2D eigenvalue weighted by molar-refractivity contribution is -0.384. The van der Waals surface area contributed by atoms with Crippen molar-refractivity contribution in [2.45, 2.75) is 6.92 Å². The van der Waals surface area contributed by atoms with Crippen LogP contribution in [0.1, 0.15) is 27.6 Å². The highest BCUT2D eigenvalue weighted by atomic mass is 16.6. The van der Waals surface area contributed by atoms with Gasteiger partial charge in [-0.25, -0.2) is 4.90 Å². The molecule has 8 heteroatoms. The topological polar surface area (TPSA) is 107 Å². The maximum Gasteiger partial charge on any atom is 0.308 e. The molecule has 0 saturated carbocycles. The molecule has 1 heterocycles. The van der Waals surface area contributed by atoms with Gasteiger partial charge in [0, 0.05) is 25.1 Å². The maximum atomic E-state index is 12.5. The first-order chi connectivity index (χ1) is 11.4. The van der Waals surface area contributed by atoms with Gasteiger partial charge in [-0.2, -0.15) is 0 Å². The standard InChI is InChI=1S/C16H10N2O6/c1-9(19)24-12-4-2-3-10(7-12)17-15(20)13-6-5-11(18(22)23)8-14(13)16(17)21/h2-8H,1H3. The SMILES string of the molecule is CC(=O)Oc1cccc(N2C(=O)c3ccc([N+](=O)[O-])cc3C2=O)c1. The van der Waals surface area contributed by atoms with Crippen LogP contribution in [0.25, 0.3) is 0 Å². The number of imide groups is 1. The summed E-state index contributed by atoms with van der Waals surface area (Å²) in [5.74, 6) is -1.61. The first kappa shape index (κ1) is 15.3. The molecule has 24 heavy (non-hydrogen) atoms. The molecule has 0 radical (unpaired) electrons. The van der Waals surface area contributed by atoms with E-state index in [1.165, 1.54) is 43.3 Å². The number of non-ortho nitro benzene ring substituents is 1. The number of hydrogen-bond donors (Lipinski definition) is 0. The lowest BCUT2D eigenvalue weighted by Crippen LogP contribution is -2.29. The summed E-state index contributed by atoms with van der Waals surface area (Å²) >= 11 is 0. The molecule has 2 aromatic rings. The largest absolute Gasteiger partial charge is 0.427 e. The predicted molar refractivity (Wildman–Crippen MR) is 82.0 cm³/mol. The minimum atomic E-state index is -0.668. The number of esters is 1. The van der Waals surface area contributed by atoms with E-state index in [9.17, 15) is 24.5 Å². The summed E-state index contributed by atoms with van der Waals surface area (Å²) < 4.78 is 4.94. The molecule has 0 atom stereocenters. The van der Waals surface area contributed by atoms with Crippen molar-refractivity contribution in [3.63, 3.8) is 0 Å². The van der Waals surface area contributed by atoms with Crippen molar-refractivity contribution in [2.75, 3.05) is 4.90 Å². The van der Waals surface area contributed by atoms with Crippen LogP contribution in [0, 0.1) is 10.1 Å². The number of nitro groups is 1. The monoisotopic (exact) mass is 326 g/mol. The molecule has 0 bridgehead atoms. The van der Waals surface area contributed by atoms with Crippen molar-refractivity contribution >= 4 is 29.2 Å². The van der Waals surface area contributed by atoms with Gasteiger partial charge in [0.15, 0.2) is 0 Å². The molecular weight excluding hydrogens is 316 g/mol. The number of nitrogens with zero attached hydrogens (tertiary/aromatic N) is 2. The number of nitro benzene ring substituents is 1. The molecule has 2 amide bonds. The first-order valence-corrected chi connectivity index (χ1v) is 6.84. The van der Waals surface area contributed by atoms with Crippen molar-refractivity contribution in [3.05, 3.63) is 63.7 Å². The Morgan fingerprint density at radius 3 is 2.46 bits per heavy atom. The van der Waals surface area contributed by atoms with Crippen molar-refractivity contribution in [1.82, 2.24) is 0 Å². The van der Waals surface area contributed by atoms with Crippen molar-refractivity contribution in [1.29, 1.82) is 0 Å². The zero-order valence-corrected chi connectivity index (χ0v) is 12.4. The molecular formula is C16H10N2O6. The summed E-state index contributed by atoms with van der Waals surface area (Å²) in [6.45, 7) is 1.23. The highest BCUT2D eigenvalue weighted by Crippen LogP contribution is 2.32. The summed E-state index contributed by atoms with van der Waals surface area (Å²) in [7, 11) is 0.